The van der Waals surface area contributed by atoms with E-state index in [4.69, 9.17) is 11.0 Å². The van der Waals surface area contributed by atoms with Crippen molar-refractivity contribution in [3.63, 3.8) is 0 Å². The summed E-state index contributed by atoms with van der Waals surface area (Å²) in [5, 5.41) is 8.84. The maximum absolute atomic E-state index is 8.84. The highest BCUT2D eigenvalue weighted by atomic mass is 15.0. The topological polar surface area (TPSA) is 54.7 Å². The first-order valence-corrected chi connectivity index (χ1v) is 4.69. The van der Waals surface area contributed by atoms with E-state index in [0.29, 0.717) is 12.2 Å². The van der Waals surface area contributed by atoms with E-state index in [1.807, 2.05) is 41.1 Å². The lowest BCUT2D eigenvalue weighted by Gasteiger charge is -2.04. The summed E-state index contributed by atoms with van der Waals surface area (Å²) in [6.07, 6.45) is 1.90. The Hall–Kier alpha value is -2.21. The molecule has 15 heavy (non-hydrogen) atoms. The van der Waals surface area contributed by atoms with E-state index in [1.165, 1.54) is 0 Å². The number of hydrogen-bond donors (Lipinski definition) is 1. The summed E-state index contributed by atoms with van der Waals surface area (Å²) in [5.74, 6) is 0. The number of hydrogen-bond acceptors (Lipinski definition) is 2. The highest BCUT2D eigenvalue weighted by Crippen LogP contribution is 2.09. The number of rotatable bonds is 2. The van der Waals surface area contributed by atoms with Gasteiger partial charge in [-0.05, 0) is 29.8 Å². The van der Waals surface area contributed by atoms with Crippen molar-refractivity contribution in [3.8, 4) is 6.07 Å². The number of benzene rings is 1. The fourth-order valence-corrected chi connectivity index (χ4v) is 1.47. The molecule has 0 bridgehead atoms. The van der Waals surface area contributed by atoms with Crippen molar-refractivity contribution in [2.75, 3.05) is 5.73 Å². The van der Waals surface area contributed by atoms with Gasteiger partial charge in [0.2, 0.25) is 0 Å². The Bertz CT molecular complexity index is 488. The zero-order chi connectivity index (χ0) is 10.7. The predicted molar refractivity (Wildman–Crippen MR) is 59.1 cm³/mol. The molecule has 0 saturated carbocycles. The molecule has 2 N–H and O–H groups in total. The first-order chi connectivity index (χ1) is 7.29. The smallest absolute Gasteiger partial charge is 0.120 e. The van der Waals surface area contributed by atoms with Crippen LogP contribution in [0.3, 0.4) is 0 Å². The van der Waals surface area contributed by atoms with Crippen LogP contribution in [0, 0.1) is 11.3 Å². The molecule has 3 heteroatoms. The molecule has 0 amide bonds. The van der Waals surface area contributed by atoms with Crippen LogP contribution in [0.2, 0.25) is 0 Å². The average molecular weight is 197 g/mol. The van der Waals surface area contributed by atoms with Crippen LogP contribution in [0.25, 0.3) is 0 Å². The van der Waals surface area contributed by atoms with Gasteiger partial charge >= 0.3 is 0 Å². The van der Waals surface area contributed by atoms with E-state index < -0.39 is 0 Å². The Morgan fingerprint density at radius 2 is 1.93 bits per heavy atom. The monoisotopic (exact) mass is 197 g/mol. The molecule has 1 aromatic heterocycles. The van der Waals surface area contributed by atoms with Gasteiger partial charge in [0, 0.05) is 18.4 Å². The van der Waals surface area contributed by atoms with Crippen LogP contribution in [-0.4, -0.2) is 4.57 Å². The Labute approximate surface area is 88.4 Å². The number of nitriles is 1. The van der Waals surface area contributed by atoms with Crippen molar-refractivity contribution < 1.29 is 0 Å². The molecule has 74 valence electrons. The lowest BCUT2D eigenvalue weighted by molar-refractivity contribution is 0.794. The van der Waals surface area contributed by atoms with Crippen molar-refractivity contribution in [3.05, 3.63) is 53.9 Å². The Morgan fingerprint density at radius 1 is 1.20 bits per heavy atom. The summed E-state index contributed by atoms with van der Waals surface area (Å²) < 4.78 is 1.91. The van der Waals surface area contributed by atoms with Crippen molar-refractivity contribution in [1.82, 2.24) is 4.57 Å². The maximum Gasteiger partial charge on any atom is 0.120 e. The predicted octanol–water partition coefficient (Wildman–Crippen LogP) is 1.99. The highest BCUT2D eigenvalue weighted by Gasteiger charge is 1.99. The summed E-state index contributed by atoms with van der Waals surface area (Å²) in [4.78, 5) is 0. The first kappa shape index (κ1) is 9.35. The zero-order valence-corrected chi connectivity index (χ0v) is 8.22. The number of nitrogens with zero attached hydrogens (tertiary/aromatic N) is 2. The number of aromatic nitrogens is 1. The van der Waals surface area contributed by atoms with Gasteiger partial charge in [-0.2, -0.15) is 5.26 Å². The molecule has 0 fully saturated rings. The SMILES string of the molecule is N#Cc1cccn1Cc1ccc(N)cc1. The Balaban J connectivity index is 2.23. The normalized spacial score (nSPS) is 9.80. The third-order valence-corrected chi connectivity index (χ3v) is 2.28. The van der Waals surface area contributed by atoms with Gasteiger partial charge in [0.1, 0.15) is 11.8 Å². The molecule has 0 aliphatic heterocycles. The molecule has 0 atom stereocenters. The fourth-order valence-electron chi connectivity index (χ4n) is 1.47. The first-order valence-electron chi connectivity index (χ1n) is 4.69. The zero-order valence-electron chi connectivity index (χ0n) is 8.22. The summed E-state index contributed by atoms with van der Waals surface area (Å²) in [6, 6.07) is 13.5. The van der Waals surface area contributed by atoms with Gasteiger partial charge in [-0.1, -0.05) is 12.1 Å². The van der Waals surface area contributed by atoms with Gasteiger partial charge in [0.15, 0.2) is 0 Å². The van der Waals surface area contributed by atoms with Gasteiger partial charge in [0.05, 0.1) is 0 Å². The third kappa shape index (κ3) is 2.00. The largest absolute Gasteiger partial charge is 0.399 e. The van der Waals surface area contributed by atoms with Gasteiger partial charge in [0.25, 0.3) is 0 Å². The molecular formula is C12H11N3. The second-order valence-electron chi connectivity index (χ2n) is 3.37. The molecule has 2 rings (SSSR count). The van der Waals surface area contributed by atoms with E-state index in [-0.39, 0.29) is 0 Å². The number of nitrogens with two attached hydrogens (primary N) is 1. The lowest BCUT2D eigenvalue weighted by atomic mass is 10.2. The van der Waals surface area contributed by atoms with Crippen molar-refractivity contribution >= 4 is 5.69 Å². The molecule has 1 heterocycles. The summed E-state index contributed by atoms with van der Waals surface area (Å²) in [7, 11) is 0. The quantitative estimate of drug-likeness (QED) is 0.748. The Kier molecular flexibility index (Phi) is 2.42. The van der Waals surface area contributed by atoms with Crippen LogP contribution in [0.15, 0.2) is 42.6 Å². The Morgan fingerprint density at radius 3 is 2.60 bits per heavy atom. The minimum Gasteiger partial charge on any atom is -0.399 e. The minimum absolute atomic E-state index is 0.673. The third-order valence-electron chi connectivity index (χ3n) is 2.28. The number of nitrogen functional groups attached to an aromatic ring is 1. The molecule has 0 radical (unpaired) electrons. The fraction of sp³-hybridized carbons (Fsp3) is 0.0833. The van der Waals surface area contributed by atoms with Gasteiger partial charge in [-0.15, -0.1) is 0 Å². The second kappa shape index (κ2) is 3.89. The standard InChI is InChI=1S/C12H11N3/c13-8-12-2-1-7-15(12)9-10-3-5-11(14)6-4-10/h1-7H,9,14H2. The molecule has 0 aliphatic carbocycles. The molecule has 0 saturated heterocycles. The highest BCUT2D eigenvalue weighted by molar-refractivity contribution is 5.39. The summed E-state index contributed by atoms with van der Waals surface area (Å²) in [5.41, 5.74) is 8.16. The van der Waals surface area contributed by atoms with Crippen LogP contribution in [0.1, 0.15) is 11.3 Å². The van der Waals surface area contributed by atoms with E-state index in [1.54, 1.807) is 6.07 Å². The maximum atomic E-state index is 8.84. The van der Waals surface area contributed by atoms with E-state index in [9.17, 15) is 0 Å². The van der Waals surface area contributed by atoms with E-state index in [0.717, 1.165) is 11.3 Å². The minimum atomic E-state index is 0.673. The van der Waals surface area contributed by atoms with Crippen molar-refractivity contribution in [1.29, 1.82) is 5.26 Å². The molecule has 0 aliphatic rings. The van der Waals surface area contributed by atoms with Gasteiger partial charge < -0.3 is 10.3 Å². The molecule has 0 spiro atoms. The lowest BCUT2D eigenvalue weighted by Crippen LogP contribution is -2.00. The van der Waals surface area contributed by atoms with Crippen LogP contribution >= 0.6 is 0 Å². The molecular weight excluding hydrogens is 186 g/mol. The van der Waals surface area contributed by atoms with Crippen molar-refractivity contribution in [2.24, 2.45) is 0 Å². The molecule has 2 aromatic rings. The van der Waals surface area contributed by atoms with Crippen molar-refractivity contribution in [2.45, 2.75) is 6.54 Å². The van der Waals surface area contributed by atoms with Gasteiger partial charge in [-0.3, -0.25) is 0 Å². The van der Waals surface area contributed by atoms with Crippen LogP contribution in [0.4, 0.5) is 5.69 Å². The number of anilines is 1. The van der Waals surface area contributed by atoms with E-state index in [2.05, 4.69) is 6.07 Å². The second-order valence-corrected chi connectivity index (χ2v) is 3.37. The molecule has 1 aromatic carbocycles. The van der Waals surface area contributed by atoms with Crippen LogP contribution in [0.5, 0.6) is 0 Å². The molecule has 3 nitrogen and oxygen atoms in total. The van der Waals surface area contributed by atoms with Crippen LogP contribution in [-0.2, 0) is 6.54 Å². The average Bonchev–Trinajstić information content (AvgIpc) is 2.69. The molecule has 0 unspecified atom stereocenters. The summed E-state index contributed by atoms with van der Waals surface area (Å²) >= 11 is 0. The van der Waals surface area contributed by atoms with Crippen LogP contribution < -0.4 is 5.73 Å². The van der Waals surface area contributed by atoms with E-state index >= 15 is 0 Å². The summed E-state index contributed by atoms with van der Waals surface area (Å²) in [6.45, 7) is 0.705. The van der Waals surface area contributed by atoms with Gasteiger partial charge in [-0.25, -0.2) is 0 Å².